The van der Waals surface area contributed by atoms with Crippen molar-refractivity contribution < 1.29 is 9.84 Å². The lowest BCUT2D eigenvalue weighted by molar-refractivity contribution is 0.463. The van der Waals surface area contributed by atoms with E-state index in [-0.39, 0.29) is 5.75 Å². The van der Waals surface area contributed by atoms with E-state index in [0.717, 1.165) is 27.6 Å². The van der Waals surface area contributed by atoms with Crippen molar-refractivity contribution in [2.45, 2.75) is 0 Å². The second-order valence-corrected chi connectivity index (χ2v) is 5.54. The van der Waals surface area contributed by atoms with Crippen molar-refractivity contribution in [3.05, 3.63) is 85.1 Å². The second kappa shape index (κ2) is 6.05. The molecule has 0 atom stereocenters. The lowest BCUT2D eigenvalue weighted by atomic mass is 10.0. The van der Waals surface area contributed by atoms with E-state index in [1.54, 1.807) is 18.3 Å². The molecule has 4 aromatic rings. The molecule has 3 nitrogen and oxygen atoms in total. The Morgan fingerprint density at radius 3 is 2.42 bits per heavy atom. The molecule has 0 unspecified atom stereocenters. The maximum atomic E-state index is 9.57. The Kier molecular flexibility index (Phi) is 3.60. The van der Waals surface area contributed by atoms with Crippen LogP contribution in [0, 0.1) is 0 Å². The van der Waals surface area contributed by atoms with Crippen LogP contribution in [-0.2, 0) is 0 Å². The third kappa shape index (κ3) is 2.92. The average molecular weight is 313 g/mol. The van der Waals surface area contributed by atoms with Crippen molar-refractivity contribution in [3.63, 3.8) is 0 Å². The number of fused-ring (bicyclic) bond motifs is 1. The Labute approximate surface area is 139 Å². The summed E-state index contributed by atoms with van der Waals surface area (Å²) in [6.07, 6.45) is 1.71. The van der Waals surface area contributed by atoms with Gasteiger partial charge in [-0.3, -0.25) is 0 Å². The minimum absolute atomic E-state index is 0.279. The van der Waals surface area contributed by atoms with E-state index in [0.29, 0.717) is 5.88 Å². The molecule has 1 N–H and O–H groups in total. The number of phenols is 1. The van der Waals surface area contributed by atoms with E-state index in [4.69, 9.17) is 4.74 Å². The number of aromatic nitrogens is 1. The van der Waals surface area contributed by atoms with Crippen molar-refractivity contribution in [2.24, 2.45) is 0 Å². The number of aromatic hydroxyl groups is 1. The fourth-order valence-electron chi connectivity index (χ4n) is 2.68. The highest BCUT2D eigenvalue weighted by Crippen LogP contribution is 2.29. The van der Waals surface area contributed by atoms with Gasteiger partial charge in [-0.15, -0.1) is 0 Å². The molecule has 0 saturated carbocycles. The first-order chi connectivity index (χ1) is 11.8. The molecule has 1 heterocycles. The molecule has 0 spiro atoms. The molecule has 0 aliphatic heterocycles. The minimum atomic E-state index is 0.279. The van der Waals surface area contributed by atoms with Gasteiger partial charge >= 0.3 is 0 Å². The Balaban J connectivity index is 1.69. The smallest absolute Gasteiger partial charge is 0.219 e. The number of benzene rings is 3. The van der Waals surface area contributed by atoms with Gasteiger partial charge in [0.2, 0.25) is 5.88 Å². The number of ether oxygens (including phenoxy) is 1. The fraction of sp³-hybridized carbons (Fsp3) is 0. The number of hydrogen-bond acceptors (Lipinski definition) is 3. The molecular formula is C21H15NO2. The van der Waals surface area contributed by atoms with Crippen molar-refractivity contribution in [3.8, 4) is 28.5 Å². The molecule has 3 heteroatoms. The topological polar surface area (TPSA) is 42.4 Å². The Morgan fingerprint density at radius 2 is 1.54 bits per heavy atom. The van der Waals surface area contributed by atoms with Gasteiger partial charge in [-0.25, -0.2) is 4.98 Å². The van der Waals surface area contributed by atoms with Gasteiger partial charge in [-0.05, 0) is 58.3 Å². The summed E-state index contributed by atoms with van der Waals surface area (Å²) in [5.41, 5.74) is 2.16. The van der Waals surface area contributed by atoms with Crippen molar-refractivity contribution in [1.82, 2.24) is 4.98 Å². The van der Waals surface area contributed by atoms with Crippen LogP contribution in [0.3, 0.4) is 0 Å². The van der Waals surface area contributed by atoms with Gasteiger partial charge < -0.3 is 9.84 Å². The first-order valence-corrected chi connectivity index (χ1v) is 7.70. The third-order valence-corrected chi connectivity index (χ3v) is 3.85. The number of hydrogen-bond donors (Lipinski definition) is 1. The number of nitrogens with zero attached hydrogens (tertiary/aromatic N) is 1. The van der Waals surface area contributed by atoms with Crippen LogP contribution in [0.15, 0.2) is 85.1 Å². The molecule has 0 bridgehead atoms. The van der Waals surface area contributed by atoms with Gasteiger partial charge in [0.15, 0.2) is 0 Å². The number of rotatable bonds is 3. The first kappa shape index (κ1) is 14.3. The van der Waals surface area contributed by atoms with E-state index in [2.05, 4.69) is 11.1 Å². The second-order valence-electron chi connectivity index (χ2n) is 5.54. The molecule has 0 saturated heterocycles. The molecule has 0 aliphatic carbocycles. The normalized spacial score (nSPS) is 10.7. The zero-order valence-electron chi connectivity index (χ0n) is 12.9. The first-order valence-electron chi connectivity index (χ1n) is 7.70. The molecule has 3 aromatic carbocycles. The zero-order valence-corrected chi connectivity index (χ0v) is 12.9. The maximum Gasteiger partial charge on any atom is 0.219 e. The molecule has 24 heavy (non-hydrogen) atoms. The largest absolute Gasteiger partial charge is 0.508 e. The minimum Gasteiger partial charge on any atom is -0.508 e. The van der Waals surface area contributed by atoms with E-state index in [1.807, 2.05) is 60.7 Å². The highest BCUT2D eigenvalue weighted by atomic mass is 16.5. The molecule has 0 fully saturated rings. The van der Waals surface area contributed by atoms with E-state index in [1.165, 1.54) is 0 Å². The van der Waals surface area contributed by atoms with Crippen molar-refractivity contribution >= 4 is 10.8 Å². The van der Waals surface area contributed by atoms with Gasteiger partial charge in [0.1, 0.15) is 11.5 Å². The average Bonchev–Trinajstić information content (AvgIpc) is 2.62. The summed E-state index contributed by atoms with van der Waals surface area (Å²) < 4.78 is 5.80. The Bertz CT molecular complexity index is 997. The number of phenolic OH excluding ortho intramolecular Hbond substituents is 1. The molecule has 0 radical (unpaired) electrons. The quantitative estimate of drug-likeness (QED) is 0.550. The van der Waals surface area contributed by atoms with Crippen LogP contribution in [0.2, 0.25) is 0 Å². The van der Waals surface area contributed by atoms with Gasteiger partial charge in [0.05, 0.1) is 0 Å². The summed E-state index contributed by atoms with van der Waals surface area (Å²) in [5, 5.41) is 11.7. The van der Waals surface area contributed by atoms with Gasteiger partial charge in [-0.1, -0.05) is 36.4 Å². The predicted molar refractivity (Wildman–Crippen MR) is 95.4 cm³/mol. The lowest BCUT2D eigenvalue weighted by Crippen LogP contribution is -1.87. The molecule has 1 aromatic heterocycles. The highest BCUT2D eigenvalue weighted by molar-refractivity contribution is 5.88. The standard InChI is InChI=1S/C21H15NO2/c23-19-10-9-17-12-16(7-8-18(17)13-19)15-4-3-5-20(14-15)24-21-6-1-2-11-22-21/h1-14,23H. The van der Waals surface area contributed by atoms with Crippen LogP contribution in [0.5, 0.6) is 17.4 Å². The van der Waals surface area contributed by atoms with Crippen LogP contribution in [-0.4, -0.2) is 10.1 Å². The molecule has 0 aliphatic rings. The lowest BCUT2D eigenvalue weighted by Gasteiger charge is -2.08. The summed E-state index contributed by atoms with van der Waals surface area (Å²) >= 11 is 0. The molecule has 4 rings (SSSR count). The van der Waals surface area contributed by atoms with Gasteiger partial charge in [0, 0.05) is 12.3 Å². The summed E-state index contributed by atoms with van der Waals surface area (Å²) in [4.78, 5) is 4.18. The van der Waals surface area contributed by atoms with E-state index in [9.17, 15) is 5.11 Å². The van der Waals surface area contributed by atoms with Crippen LogP contribution in [0.4, 0.5) is 0 Å². The van der Waals surface area contributed by atoms with Crippen molar-refractivity contribution in [2.75, 3.05) is 0 Å². The molecular weight excluding hydrogens is 298 g/mol. The Hall–Kier alpha value is -3.33. The SMILES string of the molecule is Oc1ccc2cc(-c3cccc(Oc4ccccn4)c3)ccc2c1. The monoisotopic (exact) mass is 313 g/mol. The summed E-state index contributed by atoms with van der Waals surface area (Å²) in [6, 6.07) is 25.0. The summed E-state index contributed by atoms with van der Waals surface area (Å²) in [6.45, 7) is 0. The van der Waals surface area contributed by atoms with Crippen molar-refractivity contribution in [1.29, 1.82) is 0 Å². The van der Waals surface area contributed by atoms with Crippen LogP contribution < -0.4 is 4.74 Å². The zero-order chi connectivity index (χ0) is 16.4. The summed E-state index contributed by atoms with van der Waals surface area (Å²) in [7, 11) is 0. The summed E-state index contributed by atoms with van der Waals surface area (Å²) in [5.74, 6) is 1.60. The highest BCUT2D eigenvalue weighted by Gasteiger charge is 2.04. The van der Waals surface area contributed by atoms with E-state index < -0.39 is 0 Å². The predicted octanol–water partition coefficient (Wildman–Crippen LogP) is 5.40. The van der Waals surface area contributed by atoms with Crippen LogP contribution in [0.25, 0.3) is 21.9 Å². The van der Waals surface area contributed by atoms with Gasteiger partial charge in [-0.2, -0.15) is 0 Å². The number of pyridine rings is 1. The van der Waals surface area contributed by atoms with E-state index >= 15 is 0 Å². The van der Waals surface area contributed by atoms with Gasteiger partial charge in [0.25, 0.3) is 0 Å². The third-order valence-electron chi connectivity index (χ3n) is 3.85. The fourth-order valence-corrected chi connectivity index (χ4v) is 2.68. The molecule has 0 amide bonds. The van der Waals surface area contributed by atoms with Crippen LogP contribution in [0.1, 0.15) is 0 Å². The maximum absolute atomic E-state index is 9.57. The molecule has 116 valence electrons. The van der Waals surface area contributed by atoms with Crippen LogP contribution >= 0.6 is 0 Å². The Morgan fingerprint density at radius 1 is 0.708 bits per heavy atom.